The highest BCUT2D eigenvalue weighted by Gasteiger charge is 2.22. The minimum Gasteiger partial charge on any atom is -0.493 e. The predicted octanol–water partition coefficient (Wildman–Crippen LogP) is 1.78. The lowest BCUT2D eigenvalue weighted by Gasteiger charge is -2.13. The summed E-state index contributed by atoms with van der Waals surface area (Å²) in [5.41, 5.74) is 0. The van der Waals surface area contributed by atoms with Gasteiger partial charge in [0.25, 0.3) is 0 Å². The third kappa shape index (κ3) is 5.47. The van der Waals surface area contributed by atoms with Crippen LogP contribution in [0.1, 0.15) is 20.3 Å². The van der Waals surface area contributed by atoms with Gasteiger partial charge in [0, 0.05) is 12.6 Å². The summed E-state index contributed by atoms with van der Waals surface area (Å²) in [6.45, 7) is 6.30. The maximum absolute atomic E-state index is 12.2. The number of ether oxygens (including phenoxy) is 1. The predicted molar refractivity (Wildman–Crippen MR) is 85.6 cm³/mol. The molecule has 1 fully saturated rings. The largest absolute Gasteiger partial charge is 0.493 e. The van der Waals surface area contributed by atoms with E-state index in [0.29, 0.717) is 24.8 Å². The first-order chi connectivity index (χ1) is 9.47. The Kier molecular flexibility index (Phi) is 6.93. The SMILES string of the molecule is CC(C)COc1ccc(S(=O)(=O)NC2CCNC2)cc1.Cl. The van der Waals surface area contributed by atoms with Crippen molar-refractivity contribution in [1.82, 2.24) is 10.0 Å². The van der Waals surface area contributed by atoms with Crippen molar-refractivity contribution >= 4 is 22.4 Å². The first-order valence-electron chi connectivity index (χ1n) is 6.93. The average Bonchev–Trinajstić information content (AvgIpc) is 2.89. The second kappa shape index (κ2) is 7.98. The van der Waals surface area contributed by atoms with Crippen molar-refractivity contribution in [2.45, 2.75) is 31.2 Å². The molecule has 1 unspecified atom stereocenters. The Balaban J connectivity index is 0.00000220. The van der Waals surface area contributed by atoms with Gasteiger partial charge in [0.2, 0.25) is 10.0 Å². The fraction of sp³-hybridized carbons (Fsp3) is 0.571. The van der Waals surface area contributed by atoms with E-state index in [1.807, 2.05) is 0 Å². The molecule has 0 radical (unpaired) electrons. The Bertz CT molecular complexity index is 526. The highest BCUT2D eigenvalue weighted by molar-refractivity contribution is 7.89. The van der Waals surface area contributed by atoms with Crippen molar-refractivity contribution < 1.29 is 13.2 Å². The van der Waals surface area contributed by atoms with Gasteiger partial charge in [0.1, 0.15) is 5.75 Å². The molecule has 0 aliphatic carbocycles. The van der Waals surface area contributed by atoms with E-state index in [2.05, 4.69) is 23.9 Å². The number of hydrogen-bond acceptors (Lipinski definition) is 4. The zero-order chi connectivity index (χ0) is 14.6. The molecule has 2 rings (SSSR count). The Labute approximate surface area is 132 Å². The van der Waals surface area contributed by atoms with Crippen LogP contribution in [0.15, 0.2) is 29.2 Å². The molecular formula is C14H23ClN2O3S. The molecule has 1 saturated heterocycles. The van der Waals surface area contributed by atoms with E-state index in [1.54, 1.807) is 24.3 Å². The van der Waals surface area contributed by atoms with Crippen LogP contribution in [-0.2, 0) is 10.0 Å². The van der Waals surface area contributed by atoms with Crippen LogP contribution in [-0.4, -0.2) is 34.2 Å². The number of rotatable bonds is 6. The molecule has 7 heteroatoms. The van der Waals surface area contributed by atoms with Crippen molar-refractivity contribution in [2.24, 2.45) is 5.92 Å². The van der Waals surface area contributed by atoms with Crippen LogP contribution in [0.5, 0.6) is 5.75 Å². The highest BCUT2D eigenvalue weighted by atomic mass is 35.5. The van der Waals surface area contributed by atoms with Gasteiger partial charge in [0.15, 0.2) is 0 Å². The first-order valence-corrected chi connectivity index (χ1v) is 8.41. The molecule has 5 nitrogen and oxygen atoms in total. The van der Waals surface area contributed by atoms with Gasteiger partial charge in [-0.15, -0.1) is 12.4 Å². The third-order valence-electron chi connectivity index (χ3n) is 3.10. The number of halogens is 1. The fourth-order valence-corrected chi connectivity index (χ4v) is 3.29. The molecule has 1 heterocycles. The lowest BCUT2D eigenvalue weighted by atomic mass is 10.2. The normalized spacial score (nSPS) is 18.5. The standard InChI is InChI=1S/C14H22N2O3S.ClH/c1-11(2)10-19-13-3-5-14(6-4-13)20(17,18)16-12-7-8-15-9-12;/h3-6,11-12,15-16H,7-10H2,1-2H3;1H. The van der Waals surface area contributed by atoms with Crippen LogP contribution in [0.4, 0.5) is 0 Å². The molecule has 0 saturated carbocycles. The van der Waals surface area contributed by atoms with Crippen molar-refractivity contribution in [2.75, 3.05) is 19.7 Å². The summed E-state index contributed by atoms with van der Waals surface area (Å²) in [7, 11) is -3.44. The Morgan fingerprint density at radius 3 is 2.52 bits per heavy atom. The summed E-state index contributed by atoms with van der Waals surface area (Å²) in [5, 5.41) is 3.14. The molecule has 120 valence electrons. The summed E-state index contributed by atoms with van der Waals surface area (Å²) >= 11 is 0. The van der Waals surface area contributed by atoms with Crippen molar-refractivity contribution in [3.05, 3.63) is 24.3 Å². The van der Waals surface area contributed by atoms with Crippen LogP contribution in [0.3, 0.4) is 0 Å². The van der Waals surface area contributed by atoms with E-state index in [-0.39, 0.29) is 23.3 Å². The van der Waals surface area contributed by atoms with E-state index < -0.39 is 10.0 Å². The summed E-state index contributed by atoms with van der Waals surface area (Å²) < 4.78 is 32.6. The maximum Gasteiger partial charge on any atom is 0.240 e. The molecule has 0 amide bonds. The fourth-order valence-electron chi connectivity index (χ4n) is 2.02. The molecule has 21 heavy (non-hydrogen) atoms. The number of hydrogen-bond donors (Lipinski definition) is 2. The summed E-state index contributed by atoms with van der Waals surface area (Å²) in [6.07, 6.45) is 0.828. The van der Waals surface area contributed by atoms with Crippen LogP contribution in [0.2, 0.25) is 0 Å². The minimum absolute atomic E-state index is 0. The molecule has 0 spiro atoms. The van der Waals surface area contributed by atoms with Crippen molar-refractivity contribution in [3.63, 3.8) is 0 Å². The van der Waals surface area contributed by atoms with Crippen molar-refractivity contribution in [1.29, 1.82) is 0 Å². The van der Waals surface area contributed by atoms with Crippen molar-refractivity contribution in [3.8, 4) is 5.75 Å². The lowest BCUT2D eigenvalue weighted by molar-refractivity contribution is 0.271. The van der Waals surface area contributed by atoms with Gasteiger partial charge < -0.3 is 10.1 Å². The third-order valence-corrected chi connectivity index (χ3v) is 4.64. The maximum atomic E-state index is 12.2. The number of nitrogens with one attached hydrogen (secondary N) is 2. The highest BCUT2D eigenvalue weighted by Crippen LogP contribution is 2.17. The van der Waals surface area contributed by atoms with Gasteiger partial charge >= 0.3 is 0 Å². The summed E-state index contributed by atoms with van der Waals surface area (Å²) in [6, 6.07) is 6.55. The zero-order valence-electron chi connectivity index (χ0n) is 12.3. The molecule has 1 aromatic rings. The topological polar surface area (TPSA) is 67.4 Å². The molecule has 1 aliphatic rings. The van der Waals surface area contributed by atoms with Gasteiger partial charge in [-0.25, -0.2) is 13.1 Å². The molecule has 2 N–H and O–H groups in total. The van der Waals surface area contributed by atoms with Crippen LogP contribution in [0.25, 0.3) is 0 Å². The molecule has 1 atom stereocenters. The van der Waals surface area contributed by atoms with E-state index in [0.717, 1.165) is 13.0 Å². The van der Waals surface area contributed by atoms with Crippen LogP contribution in [0, 0.1) is 5.92 Å². The Morgan fingerprint density at radius 2 is 2.00 bits per heavy atom. The lowest BCUT2D eigenvalue weighted by Crippen LogP contribution is -2.36. The average molecular weight is 335 g/mol. The minimum atomic E-state index is -3.44. The van der Waals surface area contributed by atoms with E-state index in [9.17, 15) is 8.42 Å². The smallest absolute Gasteiger partial charge is 0.240 e. The molecule has 1 aliphatic heterocycles. The number of sulfonamides is 1. The monoisotopic (exact) mass is 334 g/mol. The van der Waals surface area contributed by atoms with E-state index in [1.165, 1.54) is 0 Å². The Hall–Kier alpha value is -0.820. The number of benzene rings is 1. The summed E-state index contributed by atoms with van der Waals surface area (Å²) in [5.74, 6) is 1.13. The first kappa shape index (κ1) is 18.2. The molecule has 0 aromatic heterocycles. The Morgan fingerprint density at radius 1 is 1.33 bits per heavy atom. The summed E-state index contributed by atoms with van der Waals surface area (Å²) in [4.78, 5) is 0.279. The quantitative estimate of drug-likeness (QED) is 0.832. The van der Waals surface area contributed by atoms with Gasteiger partial charge in [-0.3, -0.25) is 0 Å². The second-order valence-corrected chi connectivity index (χ2v) is 7.20. The zero-order valence-corrected chi connectivity index (χ0v) is 14.0. The van der Waals surface area contributed by atoms with E-state index in [4.69, 9.17) is 4.74 Å². The second-order valence-electron chi connectivity index (χ2n) is 5.49. The molecular weight excluding hydrogens is 312 g/mol. The van der Waals surface area contributed by atoms with Gasteiger partial charge in [-0.1, -0.05) is 13.8 Å². The van der Waals surface area contributed by atoms with E-state index >= 15 is 0 Å². The van der Waals surface area contributed by atoms with Crippen LogP contribution >= 0.6 is 12.4 Å². The van der Waals surface area contributed by atoms with Gasteiger partial charge in [0.05, 0.1) is 11.5 Å². The molecule has 1 aromatic carbocycles. The van der Waals surface area contributed by atoms with Crippen LogP contribution < -0.4 is 14.8 Å². The van der Waals surface area contributed by atoms with Gasteiger partial charge in [-0.05, 0) is 43.1 Å². The van der Waals surface area contributed by atoms with Gasteiger partial charge in [-0.2, -0.15) is 0 Å². The molecule has 0 bridgehead atoms.